The second-order valence-corrected chi connectivity index (χ2v) is 4.70. The number of benzene rings is 2. The Bertz CT molecular complexity index is 536. The number of ether oxygens (including phenoxy) is 1. The molecule has 2 aromatic carbocycles. The highest BCUT2D eigenvalue weighted by atomic mass is 16.5. The number of hydrogen-bond donors (Lipinski definition) is 0. The maximum absolute atomic E-state index is 5.28. The molecule has 100 valence electrons. The van der Waals surface area contributed by atoms with Crippen molar-refractivity contribution in [3.63, 3.8) is 0 Å². The smallest absolute Gasteiger partial charge is 0.119 e. The molecule has 0 unspecified atom stereocenters. The third-order valence-electron chi connectivity index (χ3n) is 3.26. The molecule has 2 heteroatoms. The molecule has 0 aromatic heterocycles. The van der Waals surface area contributed by atoms with Crippen LogP contribution in [0, 0.1) is 6.92 Å². The van der Waals surface area contributed by atoms with Crippen LogP contribution in [0.25, 0.3) is 0 Å². The molecule has 0 amide bonds. The van der Waals surface area contributed by atoms with Gasteiger partial charge >= 0.3 is 0 Å². The summed E-state index contributed by atoms with van der Waals surface area (Å²) < 4.78 is 5.28. The van der Waals surface area contributed by atoms with Gasteiger partial charge in [0.1, 0.15) is 5.75 Å². The minimum absolute atomic E-state index is 0.900. The van der Waals surface area contributed by atoms with Gasteiger partial charge in [0.2, 0.25) is 0 Å². The monoisotopic (exact) mass is 255 g/mol. The van der Waals surface area contributed by atoms with Crippen LogP contribution >= 0.6 is 0 Å². The lowest BCUT2D eigenvalue weighted by molar-refractivity contribution is 0.414. The first-order valence-corrected chi connectivity index (χ1v) is 6.67. The number of hydrogen-bond acceptors (Lipinski definition) is 2. The maximum Gasteiger partial charge on any atom is 0.119 e. The zero-order valence-corrected chi connectivity index (χ0v) is 11.9. The summed E-state index contributed by atoms with van der Waals surface area (Å²) in [6.07, 6.45) is 0. The molecular weight excluding hydrogens is 234 g/mol. The van der Waals surface area contributed by atoms with Crippen LogP contribution in [-0.2, 0) is 6.54 Å². The quantitative estimate of drug-likeness (QED) is 0.799. The normalized spacial score (nSPS) is 10.3. The van der Waals surface area contributed by atoms with E-state index >= 15 is 0 Å². The van der Waals surface area contributed by atoms with Crippen LogP contribution in [0.4, 0.5) is 5.69 Å². The number of aryl methyl sites for hydroxylation is 1. The minimum Gasteiger partial charge on any atom is -0.497 e. The molecule has 2 aromatic rings. The molecule has 2 nitrogen and oxygen atoms in total. The Hall–Kier alpha value is -1.96. The molecule has 0 saturated carbocycles. The molecular formula is C17H21NO. The van der Waals surface area contributed by atoms with Crippen molar-refractivity contribution >= 4 is 5.69 Å². The molecule has 19 heavy (non-hydrogen) atoms. The standard InChI is InChI=1S/C17H21NO/c1-4-18(16-9-5-7-14(2)11-16)13-15-8-6-10-17(12-15)19-3/h5-12H,4,13H2,1-3H3. The fraction of sp³-hybridized carbons (Fsp3) is 0.294. The highest BCUT2D eigenvalue weighted by molar-refractivity contribution is 5.49. The first-order chi connectivity index (χ1) is 9.22. The van der Waals surface area contributed by atoms with E-state index in [4.69, 9.17) is 4.74 Å². The molecule has 0 bridgehead atoms. The summed E-state index contributed by atoms with van der Waals surface area (Å²) in [5.74, 6) is 0.915. The maximum atomic E-state index is 5.28. The van der Waals surface area contributed by atoms with E-state index in [0.717, 1.165) is 18.8 Å². The molecule has 0 radical (unpaired) electrons. The zero-order chi connectivity index (χ0) is 13.7. The lowest BCUT2D eigenvalue weighted by Gasteiger charge is -2.23. The highest BCUT2D eigenvalue weighted by Crippen LogP contribution is 2.20. The van der Waals surface area contributed by atoms with Gasteiger partial charge in [0.05, 0.1) is 7.11 Å². The Morgan fingerprint density at radius 3 is 2.53 bits per heavy atom. The van der Waals surface area contributed by atoms with Crippen molar-refractivity contribution in [2.75, 3.05) is 18.6 Å². The zero-order valence-electron chi connectivity index (χ0n) is 11.9. The van der Waals surface area contributed by atoms with E-state index in [2.05, 4.69) is 55.1 Å². The summed E-state index contributed by atoms with van der Waals surface area (Å²) in [6.45, 7) is 6.20. The fourth-order valence-corrected chi connectivity index (χ4v) is 2.20. The molecule has 0 aliphatic rings. The summed E-state index contributed by atoms with van der Waals surface area (Å²) in [7, 11) is 1.71. The van der Waals surface area contributed by atoms with Gasteiger partial charge in [0, 0.05) is 18.8 Å². The molecule has 0 fully saturated rings. The van der Waals surface area contributed by atoms with E-state index in [1.807, 2.05) is 12.1 Å². The molecule has 0 saturated heterocycles. The van der Waals surface area contributed by atoms with Crippen molar-refractivity contribution < 1.29 is 4.74 Å². The Labute approximate surface area is 115 Å². The first-order valence-electron chi connectivity index (χ1n) is 6.67. The predicted octanol–water partition coefficient (Wildman–Crippen LogP) is 4.03. The molecule has 0 spiro atoms. The topological polar surface area (TPSA) is 12.5 Å². The van der Waals surface area contributed by atoms with Crippen molar-refractivity contribution in [1.82, 2.24) is 0 Å². The number of rotatable bonds is 5. The van der Waals surface area contributed by atoms with Gasteiger partial charge in [-0.3, -0.25) is 0 Å². The van der Waals surface area contributed by atoms with Crippen LogP contribution in [0.1, 0.15) is 18.1 Å². The second-order valence-electron chi connectivity index (χ2n) is 4.70. The van der Waals surface area contributed by atoms with Gasteiger partial charge in [-0.1, -0.05) is 24.3 Å². The van der Waals surface area contributed by atoms with Gasteiger partial charge in [-0.05, 0) is 49.2 Å². The molecule has 0 heterocycles. The van der Waals surface area contributed by atoms with Gasteiger partial charge in [-0.2, -0.15) is 0 Å². The van der Waals surface area contributed by atoms with Crippen molar-refractivity contribution in [2.24, 2.45) is 0 Å². The van der Waals surface area contributed by atoms with Gasteiger partial charge < -0.3 is 9.64 Å². The molecule has 0 N–H and O–H groups in total. The second kappa shape index (κ2) is 6.28. The SMILES string of the molecule is CCN(Cc1cccc(OC)c1)c1cccc(C)c1. The highest BCUT2D eigenvalue weighted by Gasteiger charge is 2.06. The number of nitrogens with zero attached hydrogens (tertiary/aromatic N) is 1. The Balaban J connectivity index is 2.18. The first kappa shape index (κ1) is 13.5. The number of methoxy groups -OCH3 is 1. The van der Waals surface area contributed by atoms with E-state index < -0.39 is 0 Å². The molecule has 0 aliphatic carbocycles. The minimum atomic E-state index is 0.900. The van der Waals surface area contributed by atoms with Crippen molar-refractivity contribution in [3.05, 3.63) is 59.7 Å². The van der Waals surface area contributed by atoms with Crippen LogP contribution < -0.4 is 9.64 Å². The van der Waals surface area contributed by atoms with Crippen molar-refractivity contribution in [1.29, 1.82) is 0 Å². The van der Waals surface area contributed by atoms with E-state index in [1.165, 1.54) is 16.8 Å². The van der Waals surface area contributed by atoms with Gasteiger partial charge in [0.15, 0.2) is 0 Å². The van der Waals surface area contributed by atoms with Crippen LogP contribution in [0.3, 0.4) is 0 Å². The summed E-state index contributed by atoms with van der Waals surface area (Å²) >= 11 is 0. The number of anilines is 1. The lowest BCUT2D eigenvalue weighted by atomic mass is 10.1. The fourth-order valence-electron chi connectivity index (χ4n) is 2.20. The van der Waals surface area contributed by atoms with E-state index in [9.17, 15) is 0 Å². The third-order valence-corrected chi connectivity index (χ3v) is 3.26. The van der Waals surface area contributed by atoms with Crippen LogP contribution in [0.2, 0.25) is 0 Å². The summed E-state index contributed by atoms with van der Waals surface area (Å²) in [6, 6.07) is 16.9. The van der Waals surface area contributed by atoms with E-state index in [0.29, 0.717) is 0 Å². The Kier molecular flexibility index (Phi) is 4.45. The lowest BCUT2D eigenvalue weighted by Crippen LogP contribution is -2.21. The van der Waals surface area contributed by atoms with Crippen LogP contribution in [-0.4, -0.2) is 13.7 Å². The summed E-state index contributed by atoms with van der Waals surface area (Å²) in [5, 5.41) is 0. The largest absolute Gasteiger partial charge is 0.497 e. The Morgan fingerprint density at radius 1 is 1.05 bits per heavy atom. The van der Waals surface area contributed by atoms with E-state index in [1.54, 1.807) is 7.11 Å². The Morgan fingerprint density at radius 2 is 1.84 bits per heavy atom. The van der Waals surface area contributed by atoms with Gasteiger partial charge in [-0.25, -0.2) is 0 Å². The van der Waals surface area contributed by atoms with Gasteiger partial charge in [0.25, 0.3) is 0 Å². The average molecular weight is 255 g/mol. The van der Waals surface area contributed by atoms with Gasteiger partial charge in [-0.15, -0.1) is 0 Å². The summed E-state index contributed by atoms with van der Waals surface area (Å²) in [5.41, 5.74) is 3.83. The summed E-state index contributed by atoms with van der Waals surface area (Å²) in [4.78, 5) is 2.36. The molecule has 2 rings (SSSR count). The third kappa shape index (κ3) is 3.50. The van der Waals surface area contributed by atoms with Crippen molar-refractivity contribution in [3.8, 4) is 5.75 Å². The van der Waals surface area contributed by atoms with Crippen LogP contribution in [0.15, 0.2) is 48.5 Å². The van der Waals surface area contributed by atoms with E-state index in [-0.39, 0.29) is 0 Å². The van der Waals surface area contributed by atoms with Crippen LogP contribution in [0.5, 0.6) is 5.75 Å². The predicted molar refractivity (Wildman–Crippen MR) is 80.9 cm³/mol. The molecule has 0 aliphatic heterocycles. The van der Waals surface area contributed by atoms with Crippen molar-refractivity contribution in [2.45, 2.75) is 20.4 Å². The average Bonchev–Trinajstić information content (AvgIpc) is 2.45. The molecule has 0 atom stereocenters.